The monoisotopic (exact) mass is 1520 g/mol. The molecule has 17 nitrogen and oxygen atoms in total. The van der Waals surface area contributed by atoms with Gasteiger partial charge in [-0.1, -0.05) is 389 Å². The van der Waals surface area contributed by atoms with Gasteiger partial charge in [0.15, 0.2) is 12.2 Å². The van der Waals surface area contributed by atoms with E-state index in [0.29, 0.717) is 25.7 Å². The average Bonchev–Trinajstić information content (AvgIpc) is 0.906. The molecule has 618 valence electrons. The van der Waals surface area contributed by atoms with Gasteiger partial charge in [-0.15, -0.1) is 0 Å². The third kappa shape index (κ3) is 72.9. The molecular weight excluding hydrogens is 1350 g/mol. The summed E-state index contributed by atoms with van der Waals surface area (Å²) in [4.78, 5) is 73.2. The van der Waals surface area contributed by atoms with Crippen LogP contribution < -0.4 is 0 Å². The summed E-state index contributed by atoms with van der Waals surface area (Å²) in [7, 11) is -9.93. The smallest absolute Gasteiger partial charge is 0.462 e. The molecule has 0 bridgehead atoms. The molecule has 0 fully saturated rings. The molecule has 0 amide bonds. The van der Waals surface area contributed by atoms with Crippen molar-refractivity contribution < 1.29 is 80.2 Å². The molecule has 0 aliphatic heterocycles. The van der Waals surface area contributed by atoms with Crippen molar-refractivity contribution in [3.8, 4) is 0 Å². The molecule has 0 aliphatic rings. The van der Waals surface area contributed by atoms with Crippen molar-refractivity contribution in [1.82, 2.24) is 0 Å². The zero-order valence-electron chi connectivity index (χ0n) is 68.7. The zero-order valence-corrected chi connectivity index (χ0v) is 70.5. The van der Waals surface area contributed by atoms with Crippen LogP contribution in [-0.2, 0) is 65.4 Å². The molecule has 0 aromatic heterocycles. The Balaban J connectivity index is 5.20. The molecule has 0 aliphatic carbocycles. The SMILES string of the molecule is CCC(C)CCCCCCCCCCCCCCCCCCCCC(=O)OC[C@H](COP(=O)(O)OC[C@@H](O)COP(=O)(O)OC[C@@H](COC(=O)CCCCCCCCC(C)CC)OC(=O)CCCCCCCCCCCCCCCCC(C)CC)OC(=O)CCCCCCCCCCCCC(C)CC. The van der Waals surface area contributed by atoms with E-state index in [4.69, 9.17) is 37.0 Å². The molecule has 0 heterocycles. The maximum Gasteiger partial charge on any atom is 0.472 e. The van der Waals surface area contributed by atoms with Crippen molar-refractivity contribution in [2.45, 2.75) is 459 Å². The van der Waals surface area contributed by atoms with Crippen molar-refractivity contribution in [2.75, 3.05) is 39.6 Å². The number of ether oxygens (including phenoxy) is 4. The Labute approximate surface area is 638 Å². The summed E-state index contributed by atoms with van der Waals surface area (Å²) in [5, 5.41) is 10.7. The van der Waals surface area contributed by atoms with Crippen LogP contribution in [0.4, 0.5) is 0 Å². The van der Waals surface area contributed by atoms with Crippen molar-refractivity contribution in [2.24, 2.45) is 23.7 Å². The molecule has 19 heteroatoms. The van der Waals surface area contributed by atoms with Gasteiger partial charge in [0.2, 0.25) is 0 Å². The van der Waals surface area contributed by atoms with E-state index in [9.17, 15) is 43.2 Å². The summed E-state index contributed by atoms with van der Waals surface area (Å²) >= 11 is 0. The van der Waals surface area contributed by atoms with Crippen LogP contribution in [0.2, 0.25) is 0 Å². The third-order valence-electron chi connectivity index (χ3n) is 21.3. The molecule has 0 saturated carbocycles. The second-order valence-electron chi connectivity index (χ2n) is 31.5. The van der Waals surface area contributed by atoms with Gasteiger partial charge >= 0.3 is 39.5 Å². The summed E-state index contributed by atoms with van der Waals surface area (Å²) in [5.74, 6) is 1.14. The number of aliphatic hydroxyl groups is 1. The van der Waals surface area contributed by atoms with E-state index >= 15 is 0 Å². The summed E-state index contributed by atoms with van der Waals surface area (Å²) in [6.07, 6.45) is 62.4. The molecule has 0 rings (SSSR count). The number of hydrogen-bond acceptors (Lipinski definition) is 15. The van der Waals surface area contributed by atoms with E-state index in [1.54, 1.807) is 0 Å². The van der Waals surface area contributed by atoms with E-state index in [1.807, 2.05) is 0 Å². The number of phosphoric ester groups is 2. The zero-order chi connectivity index (χ0) is 76.7. The maximum atomic E-state index is 13.1. The number of esters is 4. The standard InChI is InChI=1S/C85H166O17P2/c1-9-75(5)61-53-45-37-31-25-21-17-15-13-14-16-18-23-27-34-40-49-57-65-82(87)95-71-80(101-85(90)68-60-52-42-36-30-29-33-39-47-55-63-77(7)11-3)73-99-103(91,92)97-69-79(86)70-98-104(93,94)100-74-81(72-96-83(88)66-58-50-44-43-48-56-64-78(8)12-4)102-84(89)67-59-51-41-35-28-24-20-19-22-26-32-38-46-54-62-76(6)10-2/h75-81,86H,9-74H2,1-8H3,(H,91,92)(H,93,94)/t75?,76?,77?,78?,79-,80-,81-/m1/s1. The maximum absolute atomic E-state index is 13.1. The van der Waals surface area contributed by atoms with Crippen molar-refractivity contribution in [3.05, 3.63) is 0 Å². The van der Waals surface area contributed by atoms with Crippen LogP contribution in [0.3, 0.4) is 0 Å². The molecule has 3 N–H and O–H groups in total. The van der Waals surface area contributed by atoms with Gasteiger partial charge in [-0.05, 0) is 49.4 Å². The lowest BCUT2D eigenvalue weighted by Gasteiger charge is -2.21. The van der Waals surface area contributed by atoms with Gasteiger partial charge in [-0.2, -0.15) is 0 Å². The minimum atomic E-state index is -4.97. The highest BCUT2D eigenvalue weighted by atomic mass is 31.2. The molecule has 0 aromatic rings. The fourth-order valence-electron chi connectivity index (χ4n) is 13.0. The predicted octanol–water partition coefficient (Wildman–Crippen LogP) is 25.6. The Hall–Kier alpha value is -1.94. The quantitative estimate of drug-likeness (QED) is 0.0222. The molecule has 6 unspecified atom stereocenters. The summed E-state index contributed by atoms with van der Waals surface area (Å²) in [6.45, 7) is 14.4. The second-order valence-corrected chi connectivity index (χ2v) is 34.4. The van der Waals surface area contributed by atoms with Crippen molar-refractivity contribution in [1.29, 1.82) is 0 Å². The first-order valence-corrected chi connectivity index (χ1v) is 46.8. The molecule has 9 atom stereocenters. The molecule has 0 spiro atoms. The van der Waals surface area contributed by atoms with Gasteiger partial charge < -0.3 is 33.8 Å². The summed E-state index contributed by atoms with van der Waals surface area (Å²) in [5.41, 5.74) is 0. The summed E-state index contributed by atoms with van der Waals surface area (Å²) in [6, 6.07) is 0. The lowest BCUT2D eigenvalue weighted by atomic mass is 9.99. The number of hydrogen-bond donors (Lipinski definition) is 3. The van der Waals surface area contributed by atoms with E-state index in [1.165, 1.54) is 238 Å². The topological polar surface area (TPSA) is 237 Å². The Morgan fingerprint density at radius 2 is 0.433 bits per heavy atom. The normalized spacial score (nSPS) is 15.0. The van der Waals surface area contributed by atoms with Gasteiger partial charge in [-0.3, -0.25) is 37.3 Å². The van der Waals surface area contributed by atoms with E-state index in [-0.39, 0.29) is 25.7 Å². The lowest BCUT2D eigenvalue weighted by molar-refractivity contribution is -0.161. The van der Waals surface area contributed by atoms with Crippen molar-refractivity contribution >= 4 is 39.5 Å². The van der Waals surface area contributed by atoms with Gasteiger partial charge in [0, 0.05) is 25.7 Å². The molecule has 0 saturated heterocycles. The van der Waals surface area contributed by atoms with Gasteiger partial charge in [-0.25, -0.2) is 9.13 Å². The number of rotatable bonds is 82. The number of phosphoric acid groups is 2. The minimum Gasteiger partial charge on any atom is -0.462 e. The third-order valence-corrected chi connectivity index (χ3v) is 23.2. The Morgan fingerprint density at radius 1 is 0.260 bits per heavy atom. The first kappa shape index (κ1) is 102. The van der Waals surface area contributed by atoms with Crippen LogP contribution in [-0.4, -0.2) is 96.7 Å². The molecule has 104 heavy (non-hydrogen) atoms. The lowest BCUT2D eigenvalue weighted by Crippen LogP contribution is -2.30. The first-order chi connectivity index (χ1) is 50.2. The van der Waals surface area contributed by atoms with Gasteiger partial charge in [0.1, 0.15) is 19.3 Å². The number of aliphatic hydroxyl groups excluding tert-OH is 1. The predicted molar refractivity (Wildman–Crippen MR) is 428 cm³/mol. The fraction of sp³-hybridized carbons (Fsp3) is 0.953. The number of unbranched alkanes of at least 4 members (excludes halogenated alkanes) is 44. The van der Waals surface area contributed by atoms with Gasteiger partial charge in [0.05, 0.1) is 26.4 Å². The highest BCUT2D eigenvalue weighted by Crippen LogP contribution is 2.45. The van der Waals surface area contributed by atoms with E-state index in [2.05, 4.69) is 55.4 Å². The first-order valence-electron chi connectivity index (χ1n) is 43.9. The summed E-state index contributed by atoms with van der Waals surface area (Å²) < 4.78 is 68.8. The van der Waals surface area contributed by atoms with Gasteiger partial charge in [0.25, 0.3) is 0 Å². The Morgan fingerprint density at radius 3 is 0.635 bits per heavy atom. The van der Waals surface area contributed by atoms with Crippen molar-refractivity contribution in [3.63, 3.8) is 0 Å². The van der Waals surface area contributed by atoms with Crippen LogP contribution in [0.5, 0.6) is 0 Å². The highest BCUT2D eigenvalue weighted by molar-refractivity contribution is 7.47. The number of carbonyl (C=O) groups is 4. The fourth-order valence-corrected chi connectivity index (χ4v) is 14.6. The second kappa shape index (κ2) is 73.8. The highest BCUT2D eigenvalue weighted by Gasteiger charge is 2.31. The Bertz CT molecular complexity index is 2030. The van der Waals surface area contributed by atoms with Crippen LogP contribution >= 0.6 is 15.6 Å². The van der Waals surface area contributed by atoms with Crippen LogP contribution in [0.1, 0.15) is 441 Å². The van der Waals surface area contributed by atoms with E-state index in [0.717, 1.165) is 120 Å². The minimum absolute atomic E-state index is 0.106. The van der Waals surface area contributed by atoms with Crippen LogP contribution in [0.15, 0.2) is 0 Å². The molecule has 0 aromatic carbocycles. The van der Waals surface area contributed by atoms with E-state index < -0.39 is 97.5 Å². The van der Waals surface area contributed by atoms with Crippen LogP contribution in [0, 0.1) is 23.7 Å². The molecular formula is C85H166O17P2. The van der Waals surface area contributed by atoms with Crippen LogP contribution in [0.25, 0.3) is 0 Å². The largest absolute Gasteiger partial charge is 0.472 e. The molecule has 0 radical (unpaired) electrons. The number of carbonyl (C=O) groups excluding carboxylic acids is 4. The Kier molecular flexibility index (Phi) is 72.5. The average molecular weight is 1520 g/mol.